The minimum absolute atomic E-state index is 0.0470. The molecule has 0 aromatic heterocycles. The zero-order valence-electron chi connectivity index (χ0n) is 17.5. The molecule has 4 rings (SSSR count). The highest BCUT2D eigenvalue weighted by atomic mass is 35.5. The molecule has 1 heterocycles. The Bertz CT molecular complexity index is 1300. The molecule has 0 radical (unpaired) electrons. The normalized spacial score (nSPS) is 16.1. The second-order valence-corrected chi connectivity index (χ2v) is 10.4. The fourth-order valence-electron chi connectivity index (χ4n) is 3.54. The SMILES string of the molecule is COc1cccc(S(=O)(=O)NCC2=NN(c3ccc(Cl)cc3Cl)C(c3ccc(Cl)cc3)C2)c1. The number of halogens is 3. The number of rotatable bonds is 7. The number of methoxy groups -OCH3 is 1. The Morgan fingerprint density at radius 1 is 1.03 bits per heavy atom. The van der Waals surface area contributed by atoms with Crippen molar-refractivity contribution in [3.05, 3.63) is 87.4 Å². The number of hydrogen-bond donors (Lipinski definition) is 1. The van der Waals surface area contributed by atoms with Gasteiger partial charge >= 0.3 is 0 Å². The van der Waals surface area contributed by atoms with E-state index in [2.05, 4.69) is 4.72 Å². The van der Waals surface area contributed by atoms with Crippen molar-refractivity contribution in [2.75, 3.05) is 18.7 Å². The average Bonchev–Trinajstić information content (AvgIpc) is 3.22. The van der Waals surface area contributed by atoms with Crippen LogP contribution in [0.25, 0.3) is 0 Å². The first kappa shape index (κ1) is 23.9. The van der Waals surface area contributed by atoms with Gasteiger partial charge in [0.25, 0.3) is 0 Å². The van der Waals surface area contributed by atoms with Crippen molar-refractivity contribution < 1.29 is 13.2 Å². The van der Waals surface area contributed by atoms with Crippen LogP contribution in [-0.2, 0) is 10.0 Å². The number of ether oxygens (including phenoxy) is 1. The molecule has 10 heteroatoms. The van der Waals surface area contributed by atoms with Crippen molar-refractivity contribution in [1.82, 2.24) is 4.72 Å². The molecular formula is C23H20Cl3N3O3S. The topological polar surface area (TPSA) is 71.0 Å². The zero-order valence-corrected chi connectivity index (χ0v) is 20.6. The van der Waals surface area contributed by atoms with Crippen LogP contribution in [0.5, 0.6) is 5.75 Å². The third-order valence-corrected chi connectivity index (χ3v) is 7.39. The van der Waals surface area contributed by atoms with Gasteiger partial charge in [0.05, 0.1) is 41.0 Å². The van der Waals surface area contributed by atoms with E-state index in [1.807, 2.05) is 24.3 Å². The van der Waals surface area contributed by atoms with Gasteiger partial charge in [-0.15, -0.1) is 0 Å². The molecule has 0 fully saturated rings. The fraction of sp³-hybridized carbons (Fsp3) is 0.174. The first-order valence-corrected chi connectivity index (χ1v) is 12.6. The van der Waals surface area contributed by atoms with Crippen molar-refractivity contribution >= 4 is 56.2 Å². The maximum Gasteiger partial charge on any atom is 0.241 e. The molecule has 6 nitrogen and oxygen atoms in total. The van der Waals surface area contributed by atoms with Crippen molar-refractivity contribution in [3.63, 3.8) is 0 Å². The van der Waals surface area contributed by atoms with Gasteiger partial charge in [0.2, 0.25) is 10.0 Å². The zero-order chi connectivity index (χ0) is 23.6. The van der Waals surface area contributed by atoms with E-state index in [9.17, 15) is 8.42 Å². The molecular weight excluding hydrogens is 505 g/mol. The Balaban J connectivity index is 1.60. The quantitative estimate of drug-likeness (QED) is 0.415. The van der Waals surface area contributed by atoms with E-state index in [0.717, 1.165) is 5.56 Å². The molecule has 0 spiro atoms. The minimum Gasteiger partial charge on any atom is -0.497 e. The Morgan fingerprint density at radius 2 is 1.76 bits per heavy atom. The van der Waals surface area contributed by atoms with Crippen LogP contribution in [0.4, 0.5) is 5.69 Å². The Hall–Kier alpha value is -2.29. The van der Waals surface area contributed by atoms with Gasteiger partial charge in [0, 0.05) is 22.5 Å². The van der Waals surface area contributed by atoms with Crippen LogP contribution in [0.3, 0.4) is 0 Å². The standard InChI is InChI=1S/C23H20Cl3N3O3S/c1-32-19-3-2-4-20(13-19)33(30,31)27-14-18-12-23(15-5-7-16(24)8-6-15)29(28-18)22-10-9-17(25)11-21(22)26/h2-11,13,23,27H,12,14H2,1H3. The van der Waals surface area contributed by atoms with E-state index < -0.39 is 10.0 Å². The molecule has 0 amide bonds. The van der Waals surface area contributed by atoms with Crippen molar-refractivity contribution in [1.29, 1.82) is 0 Å². The second kappa shape index (κ2) is 9.91. The predicted octanol–water partition coefficient (Wildman–Crippen LogP) is 5.94. The summed E-state index contributed by atoms with van der Waals surface area (Å²) in [6.45, 7) is 0.0470. The molecule has 33 heavy (non-hydrogen) atoms. The number of nitrogens with one attached hydrogen (secondary N) is 1. The van der Waals surface area contributed by atoms with Crippen LogP contribution < -0.4 is 14.5 Å². The molecule has 0 aliphatic carbocycles. The van der Waals surface area contributed by atoms with Crippen LogP contribution in [-0.4, -0.2) is 27.8 Å². The second-order valence-electron chi connectivity index (χ2n) is 7.38. The third kappa shape index (κ3) is 5.45. The lowest BCUT2D eigenvalue weighted by atomic mass is 10.0. The van der Waals surface area contributed by atoms with E-state index in [0.29, 0.717) is 38.6 Å². The number of sulfonamides is 1. The largest absolute Gasteiger partial charge is 0.497 e. The monoisotopic (exact) mass is 523 g/mol. The highest BCUT2D eigenvalue weighted by Gasteiger charge is 2.31. The molecule has 1 atom stereocenters. The number of nitrogens with zero attached hydrogens (tertiary/aromatic N) is 2. The summed E-state index contributed by atoms with van der Waals surface area (Å²) < 4.78 is 33.4. The summed E-state index contributed by atoms with van der Waals surface area (Å²) in [6, 6.07) is 18.7. The molecule has 3 aromatic carbocycles. The van der Waals surface area contributed by atoms with Gasteiger partial charge < -0.3 is 4.74 Å². The summed E-state index contributed by atoms with van der Waals surface area (Å²) in [6.07, 6.45) is 0.501. The highest BCUT2D eigenvalue weighted by Crippen LogP contribution is 2.39. The first-order chi connectivity index (χ1) is 15.8. The van der Waals surface area contributed by atoms with Crippen LogP contribution in [0.15, 0.2) is 76.7 Å². The third-order valence-electron chi connectivity index (χ3n) is 5.20. The first-order valence-electron chi connectivity index (χ1n) is 9.96. The van der Waals surface area contributed by atoms with Crippen LogP contribution in [0.2, 0.25) is 15.1 Å². The van der Waals surface area contributed by atoms with Gasteiger partial charge in [-0.2, -0.15) is 5.10 Å². The predicted molar refractivity (Wildman–Crippen MR) is 133 cm³/mol. The molecule has 1 aliphatic heterocycles. The maximum absolute atomic E-state index is 12.8. The minimum atomic E-state index is -3.75. The number of benzene rings is 3. The molecule has 0 saturated carbocycles. The van der Waals surface area contributed by atoms with E-state index in [4.69, 9.17) is 44.6 Å². The summed E-state index contributed by atoms with van der Waals surface area (Å²) in [5.41, 5.74) is 2.30. The van der Waals surface area contributed by atoms with Gasteiger partial charge in [-0.25, -0.2) is 13.1 Å². The lowest BCUT2D eigenvalue weighted by Crippen LogP contribution is -2.29. The fourth-order valence-corrected chi connectivity index (χ4v) is 5.22. The van der Waals surface area contributed by atoms with Crippen molar-refractivity contribution in [2.24, 2.45) is 5.10 Å². The van der Waals surface area contributed by atoms with E-state index in [1.54, 1.807) is 35.3 Å². The lowest BCUT2D eigenvalue weighted by molar-refractivity contribution is 0.413. The molecule has 172 valence electrons. The van der Waals surface area contributed by atoms with Crippen LogP contribution in [0, 0.1) is 0 Å². The van der Waals surface area contributed by atoms with Gasteiger partial charge in [-0.05, 0) is 48.0 Å². The smallest absolute Gasteiger partial charge is 0.241 e. The number of hydrogen-bond acceptors (Lipinski definition) is 5. The summed E-state index contributed by atoms with van der Waals surface area (Å²) in [7, 11) is -2.27. The lowest BCUT2D eigenvalue weighted by Gasteiger charge is -2.25. The van der Waals surface area contributed by atoms with Crippen LogP contribution in [0.1, 0.15) is 18.0 Å². The number of hydrazone groups is 1. The van der Waals surface area contributed by atoms with Gasteiger partial charge in [-0.1, -0.05) is 53.0 Å². The average molecular weight is 525 g/mol. The van der Waals surface area contributed by atoms with Gasteiger partial charge in [0.15, 0.2) is 0 Å². The van der Waals surface area contributed by atoms with Gasteiger partial charge in [0.1, 0.15) is 5.75 Å². The summed E-state index contributed by atoms with van der Waals surface area (Å²) in [5.74, 6) is 0.461. The maximum atomic E-state index is 12.8. The number of anilines is 1. The van der Waals surface area contributed by atoms with E-state index in [1.165, 1.54) is 19.2 Å². The summed E-state index contributed by atoms with van der Waals surface area (Å²) >= 11 is 18.6. The molecule has 1 N–H and O–H groups in total. The van der Waals surface area contributed by atoms with E-state index >= 15 is 0 Å². The Morgan fingerprint density at radius 3 is 2.45 bits per heavy atom. The molecule has 0 saturated heterocycles. The van der Waals surface area contributed by atoms with Crippen LogP contribution >= 0.6 is 34.8 Å². The molecule has 0 bridgehead atoms. The molecule has 1 unspecified atom stereocenters. The molecule has 1 aliphatic rings. The van der Waals surface area contributed by atoms with Crippen molar-refractivity contribution in [2.45, 2.75) is 17.4 Å². The summed E-state index contributed by atoms with van der Waals surface area (Å²) in [4.78, 5) is 0.118. The van der Waals surface area contributed by atoms with E-state index in [-0.39, 0.29) is 17.5 Å². The van der Waals surface area contributed by atoms with Crippen molar-refractivity contribution in [3.8, 4) is 5.75 Å². The van der Waals surface area contributed by atoms with Gasteiger partial charge in [-0.3, -0.25) is 5.01 Å². The summed E-state index contributed by atoms with van der Waals surface area (Å²) in [5, 5.41) is 8.07. The highest BCUT2D eigenvalue weighted by molar-refractivity contribution is 7.89. The molecule has 3 aromatic rings. The Kier molecular flexibility index (Phi) is 7.16. The Labute approximate surface area is 207 Å².